The lowest BCUT2D eigenvalue weighted by atomic mass is 10.0. The van der Waals surface area contributed by atoms with Crippen molar-refractivity contribution in [3.05, 3.63) is 0 Å². The van der Waals surface area contributed by atoms with Crippen molar-refractivity contribution in [1.82, 2.24) is 0 Å². The van der Waals surface area contributed by atoms with Crippen LogP contribution in [-0.2, 0) is 9.59 Å². The van der Waals surface area contributed by atoms with E-state index in [1.807, 2.05) is 0 Å². The summed E-state index contributed by atoms with van der Waals surface area (Å²) in [5.41, 5.74) is 0. The minimum Gasteiger partial charge on any atom is -1.00 e. The van der Waals surface area contributed by atoms with Crippen LogP contribution in [0.2, 0.25) is 0 Å². The SMILES string of the molecule is CCCCCCCCCCCCCCCCCC(=O)[NH2+]C(=O)CCCCCCCCCCCCCCCCC.[Cl-]. The van der Waals surface area contributed by atoms with E-state index < -0.39 is 0 Å². The van der Waals surface area contributed by atoms with Crippen LogP contribution in [0, 0.1) is 0 Å². The first-order valence-electron chi connectivity index (χ1n) is 18.1. The Labute approximate surface area is 258 Å². The zero-order chi connectivity index (χ0) is 28.5. The molecule has 0 spiro atoms. The molecule has 0 fully saturated rings. The Morgan fingerprint density at radius 2 is 0.500 bits per heavy atom. The van der Waals surface area contributed by atoms with Crippen LogP contribution >= 0.6 is 0 Å². The molecule has 0 aromatic heterocycles. The number of carbonyl (C=O) groups is 2. The lowest BCUT2D eigenvalue weighted by molar-refractivity contribution is -0.488. The second-order valence-electron chi connectivity index (χ2n) is 12.5. The molecule has 0 bridgehead atoms. The van der Waals surface area contributed by atoms with E-state index in [2.05, 4.69) is 13.8 Å². The van der Waals surface area contributed by atoms with Crippen LogP contribution in [0.3, 0.4) is 0 Å². The Morgan fingerprint density at radius 1 is 0.325 bits per heavy atom. The van der Waals surface area contributed by atoms with Crippen LogP contribution in [0.1, 0.15) is 219 Å². The van der Waals surface area contributed by atoms with E-state index >= 15 is 0 Å². The zero-order valence-corrected chi connectivity index (χ0v) is 28.2. The Hall–Kier alpha value is -0.410. The number of quaternary nitrogens is 1. The molecular formula is C36H72ClNO2. The summed E-state index contributed by atoms with van der Waals surface area (Å²) in [6.45, 7) is 4.56. The first kappa shape index (κ1) is 41.7. The van der Waals surface area contributed by atoms with Gasteiger partial charge >= 0.3 is 11.8 Å². The molecule has 0 radical (unpaired) electrons. The van der Waals surface area contributed by atoms with Gasteiger partial charge in [-0.3, -0.25) is 0 Å². The highest BCUT2D eigenvalue weighted by Gasteiger charge is 2.12. The summed E-state index contributed by atoms with van der Waals surface area (Å²) in [6.07, 6.45) is 41.1. The van der Waals surface area contributed by atoms with Gasteiger partial charge in [-0.05, 0) is 12.8 Å². The summed E-state index contributed by atoms with van der Waals surface area (Å²) >= 11 is 0. The summed E-state index contributed by atoms with van der Waals surface area (Å²) in [6, 6.07) is 0. The highest BCUT2D eigenvalue weighted by Crippen LogP contribution is 2.15. The van der Waals surface area contributed by atoms with Crippen LogP contribution in [-0.4, -0.2) is 11.8 Å². The van der Waals surface area contributed by atoms with Gasteiger partial charge in [0.25, 0.3) is 0 Å². The Kier molecular flexibility index (Phi) is 38.2. The predicted octanol–water partition coefficient (Wildman–Crippen LogP) is 8.13. The van der Waals surface area contributed by atoms with E-state index in [4.69, 9.17) is 0 Å². The van der Waals surface area contributed by atoms with Gasteiger partial charge in [0.05, 0.1) is 12.8 Å². The predicted molar refractivity (Wildman–Crippen MR) is 171 cm³/mol. The molecule has 0 atom stereocenters. The maximum atomic E-state index is 12.1. The largest absolute Gasteiger partial charge is 1.00 e. The molecule has 0 aliphatic rings. The molecule has 0 aromatic carbocycles. The summed E-state index contributed by atoms with van der Waals surface area (Å²) in [5.74, 6) is 0.103. The minimum atomic E-state index is 0. The molecule has 3 nitrogen and oxygen atoms in total. The fourth-order valence-electron chi connectivity index (χ4n) is 5.66. The number of hydrogen-bond donors (Lipinski definition) is 1. The summed E-state index contributed by atoms with van der Waals surface area (Å²) < 4.78 is 0. The highest BCUT2D eigenvalue weighted by atomic mass is 35.5. The lowest BCUT2D eigenvalue weighted by Gasteiger charge is -2.04. The highest BCUT2D eigenvalue weighted by molar-refractivity contribution is 5.78. The molecule has 240 valence electrons. The molecule has 0 saturated heterocycles. The van der Waals surface area contributed by atoms with Crippen molar-refractivity contribution in [1.29, 1.82) is 0 Å². The fraction of sp³-hybridized carbons (Fsp3) is 0.944. The number of halogens is 1. The van der Waals surface area contributed by atoms with Gasteiger partial charge in [0.2, 0.25) is 0 Å². The molecular weight excluding hydrogens is 514 g/mol. The minimum absolute atomic E-state index is 0. The molecule has 2 amide bonds. The van der Waals surface area contributed by atoms with E-state index in [1.54, 1.807) is 0 Å². The van der Waals surface area contributed by atoms with Gasteiger partial charge in [0, 0.05) is 0 Å². The van der Waals surface area contributed by atoms with Gasteiger partial charge in [0.15, 0.2) is 0 Å². The number of hydrogen-bond acceptors (Lipinski definition) is 2. The van der Waals surface area contributed by atoms with E-state index in [0.29, 0.717) is 12.8 Å². The number of primary amides is 2. The molecule has 0 aliphatic carbocycles. The molecule has 2 N–H and O–H groups in total. The Bertz CT molecular complexity index is 467. The third-order valence-electron chi connectivity index (χ3n) is 8.38. The van der Waals surface area contributed by atoms with Crippen LogP contribution in [0.4, 0.5) is 0 Å². The van der Waals surface area contributed by atoms with E-state index in [1.165, 1.54) is 172 Å². The van der Waals surface area contributed by atoms with Crippen molar-refractivity contribution < 1.29 is 27.3 Å². The molecule has 40 heavy (non-hydrogen) atoms. The number of imide groups is 1. The van der Waals surface area contributed by atoms with Crippen molar-refractivity contribution in [2.75, 3.05) is 0 Å². The molecule has 0 unspecified atom stereocenters. The maximum Gasteiger partial charge on any atom is 0.317 e. The standard InChI is InChI=1S/C36H71NO2.ClH/c1-3-5-7-9-11-13-15-17-19-21-23-25-27-29-31-33-35(38)37-36(39)34-32-30-28-26-24-22-20-18-16-14-12-10-8-6-4-2;/h3-34H2,1-2H3,(H,37,38,39);1H. The molecule has 0 rings (SSSR count). The normalized spacial score (nSPS) is 11.1. The fourth-order valence-corrected chi connectivity index (χ4v) is 5.66. The van der Waals surface area contributed by atoms with Gasteiger partial charge in [-0.15, -0.1) is 0 Å². The monoisotopic (exact) mass is 586 g/mol. The number of carbonyl (C=O) groups excluding carboxylic acids is 2. The molecule has 4 heteroatoms. The van der Waals surface area contributed by atoms with Gasteiger partial charge in [0.1, 0.15) is 0 Å². The first-order chi connectivity index (χ1) is 19.2. The quantitative estimate of drug-likeness (QED) is 0.0810. The van der Waals surface area contributed by atoms with Crippen LogP contribution < -0.4 is 17.7 Å². The van der Waals surface area contributed by atoms with Crippen molar-refractivity contribution in [3.8, 4) is 0 Å². The number of nitrogens with two attached hydrogens (primary N) is 1. The molecule has 0 aliphatic heterocycles. The molecule has 0 saturated carbocycles. The average molecular weight is 586 g/mol. The van der Waals surface area contributed by atoms with Gasteiger partial charge < -0.3 is 12.4 Å². The van der Waals surface area contributed by atoms with Gasteiger partial charge in [-0.1, -0.05) is 194 Å². The maximum absolute atomic E-state index is 12.1. The Balaban J connectivity index is 0. The van der Waals surface area contributed by atoms with Crippen LogP contribution in [0.15, 0.2) is 0 Å². The zero-order valence-electron chi connectivity index (χ0n) is 27.4. The summed E-state index contributed by atoms with van der Waals surface area (Å²) in [4.78, 5) is 24.1. The number of rotatable bonds is 32. The van der Waals surface area contributed by atoms with E-state index in [-0.39, 0.29) is 24.2 Å². The van der Waals surface area contributed by atoms with Crippen molar-refractivity contribution >= 4 is 11.8 Å². The van der Waals surface area contributed by atoms with E-state index in [9.17, 15) is 9.59 Å². The summed E-state index contributed by atoms with van der Waals surface area (Å²) in [7, 11) is 0. The second-order valence-corrected chi connectivity index (χ2v) is 12.5. The van der Waals surface area contributed by atoms with Crippen LogP contribution in [0.5, 0.6) is 0 Å². The molecule has 0 aromatic rings. The topological polar surface area (TPSA) is 50.8 Å². The van der Waals surface area contributed by atoms with Gasteiger partial charge in [-0.25, -0.2) is 14.9 Å². The first-order valence-corrected chi connectivity index (χ1v) is 18.1. The lowest BCUT2D eigenvalue weighted by Crippen LogP contribution is -3.00. The summed E-state index contributed by atoms with van der Waals surface area (Å²) in [5, 5.41) is 1.40. The van der Waals surface area contributed by atoms with Crippen molar-refractivity contribution in [2.24, 2.45) is 0 Å². The number of amides is 2. The van der Waals surface area contributed by atoms with Crippen molar-refractivity contribution in [3.63, 3.8) is 0 Å². The Morgan fingerprint density at radius 3 is 0.700 bits per heavy atom. The van der Waals surface area contributed by atoms with Crippen molar-refractivity contribution in [2.45, 2.75) is 219 Å². The van der Waals surface area contributed by atoms with Crippen LogP contribution in [0.25, 0.3) is 0 Å². The van der Waals surface area contributed by atoms with E-state index in [0.717, 1.165) is 25.7 Å². The van der Waals surface area contributed by atoms with Gasteiger partial charge in [-0.2, -0.15) is 0 Å². The third kappa shape index (κ3) is 35.6. The third-order valence-corrected chi connectivity index (χ3v) is 8.38. The smallest absolute Gasteiger partial charge is 0.317 e. The second kappa shape index (κ2) is 36.6. The average Bonchev–Trinajstić information content (AvgIpc) is 2.93. The molecule has 0 heterocycles. The number of unbranched alkanes of at least 4 members (excludes halogenated alkanes) is 28.